The van der Waals surface area contributed by atoms with Crippen LogP contribution in [0.3, 0.4) is 0 Å². The summed E-state index contributed by atoms with van der Waals surface area (Å²) in [6.45, 7) is 6.66. The molecule has 17 heavy (non-hydrogen) atoms. The summed E-state index contributed by atoms with van der Waals surface area (Å²) >= 11 is 0. The van der Waals surface area contributed by atoms with Gasteiger partial charge in [0.2, 0.25) is 6.19 Å². The fraction of sp³-hybridized carbons (Fsp3) is 0.857. The van der Waals surface area contributed by atoms with Crippen LogP contribution in [0.1, 0.15) is 59.3 Å². The predicted molar refractivity (Wildman–Crippen MR) is 73.9 cm³/mol. The van der Waals surface area contributed by atoms with Crippen LogP contribution < -0.4 is 0 Å². The lowest BCUT2D eigenvalue weighted by atomic mass is 9.78. The molecule has 0 aromatic heterocycles. The molecule has 0 radical (unpaired) electrons. The van der Waals surface area contributed by atoms with Crippen LogP contribution in [0.2, 0.25) is 0 Å². The van der Waals surface area contributed by atoms with E-state index in [4.69, 9.17) is 5.26 Å². The molecule has 0 saturated heterocycles. The summed E-state index contributed by atoms with van der Waals surface area (Å²) in [4.78, 5) is 6.04. The zero-order valence-electron chi connectivity index (χ0n) is 12.1. The smallest absolute Gasteiger partial charge is 0.207 e. The van der Waals surface area contributed by atoms with Gasteiger partial charge in [-0.1, -0.05) is 46.5 Å². The third kappa shape index (κ3) is 5.21. The van der Waals surface area contributed by atoms with E-state index >= 15 is 0 Å². The van der Waals surface area contributed by atoms with Crippen LogP contribution in [0.25, 0.3) is 0 Å². The number of hydrogen-bond acceptors (Lipinski definition) is 2. The molecule has 3 nitrogen and oxygen atoms in total. The van der Waals surface area contributed by atoms with Crippen molar-refractivity contribution in [3.05, 3.63) is 0 Å². The first-order valence-electron chi connectivity index (χ1n) is 6.66. The molecule has 0 atom stereocenters. The van der Waals surface area contributed by atoms with E-state index in [9.17, 15) is 0 Å². The molecule has 0 aliphatic carbocycles. The lowest BCUT2D eigenvalue weighted by Gasteiger charge is -2.34. The van der Waals surface area contributed by atoms with E-state index < -0.39 is 0 Å². The number of nitrogens with zero attached hydrogens (tertiary/aromatic N) is 3. The molecule has 0 aliphatic rings. The van der Waals surface area contributed by atoms with Crippen molar-refractivity contribution < 1.29 is 0 Å². The minimum absolute atomic E-state index is 0.0469. The van der Waals surface area contributed by atoms with Gasteiger partial charge in [-0.05, 0) is 12.8 Å². The Morgan fingerprint density at radius 2 is 1.65 bits per heavy atom. The Morgan fingerprint density at radius 3 is 1.94 bits per heavy atom. The largest absolute Gasteiger partial charge is 0.365 e. The molecule has 0 heterocycles. The Kier molecular flexibility index (Phi) is 7.61. The number of hydrogen-bond donors (Lipinski definition) is 0. The summed E-state index contributed by atoms with van der Waals surface area (Å²) < 4.78 is 0. The van der Waals surface area contributed by atoms with Crippen LogP contribution >= 0.6 is 0 Å². The van der Waals surface area contributed by atoms with Crippen molar-refractivity contribution in [1.29, 1.82) is 5.26 Å². The molecule has 0 aliphatic heterocycles. The highest BCUT2D eigenvalue weighted by molar-refractivity contribution is 5.88. The van der Waals surface area contributed by atoms with Crippen molar-refractivity contribution in [1.82, 2.24) is 4.90 Å². The van der Waals surface area contributed by atoms with Crippen molar-refractivity contribution in [2.24, 2.45) is 10.4 Å². The molecule has 0 bridgehead atoms. The predicted octanol–water partition coefficient (Wildman–Crippen LogP) is 3.81. The Morgan fingerprint density at radius 1 is 1.18 bits per heavy atom. The fourth-order valence-corrected chi connectivity index (χ4v) is 2.30. The normalized spacial score (nSPS) is 12.4. The van der Waals surface area contributed by atoms with Gasteiger partial charge in [0.05, 0.1) is 0 Å². The molecule has 0 saturated carbocycles. The zero-order valence-corrected chi connectivity index (χ0v) is 12.1. The summed E-state index contributed by atoms with van der Waals surface area (Å²) in [5, 5.41) is 8.84. The van der Waals surface area contributed by atoms with Gasteiger partial charge in [-0.3, -0.25) is 0 Å². The first-order valence-corrected chi connectivity index (χ1v) is 6.66. The quantitative estimate of drug-likeness (QED) is 0.383. The van der Waals surface area contributed by atoms with Gasteiger partial charge >= 0.3 is 0 Å². The van der Waals surface area contributed by atoms with Crippen LogP contribution in [0.4, 0.5) is 0 Å². The summed E-state index contributed by atoms with van der Waals surface area (Å²) in [7, 11) is 3.96. The van der Waals surface area contributed by atoms with Crippen molar-refractivity contribution in [3.8, 4) is 6.19 Å². The summed E-state index contributed by atoms with van der Waals surface area (Å²) in [5.41, 5.74) is 0.0469. The highest BCUT2D eigenvalue weighted by Crippen LogP contribution is 2.33. The van der Waals surface area contributed by atoms with E-state index in [2.05, 4.69) is 25.8 Å². The van der Waals surface area contributed by atoms with Gasteiger partial charge in [0.25, 0.3) is 0 Å². The average molecular weight is 237 g/mol. The Labute approximate surface area is 107 Å². The third-order valence-electron chi connectivity index (χ3n) is 3.28. The Bertz CT molecular complexity index is 266. The summed E-state index contributed by atoms with van der Waals surface area (Å²) in [6.07, 6.45) is 8.95. The lowest BCUT2D eigenvalue weighted by Crippen LogP contribution is -2.38. The van der Waals surface area contributed by atoms with E-state index in [1.165, 1.54) is 25.7 Å². The Hall–Kier alpha value is -1.04. The van der Waals surface area contributed by atoms with E-state index in [1.807, 2.05) is 25.2 Å². The monoisotopic (exact) mass is 237 g/mol. The standard InChI is InChI=1S/C14H27N3/c1-6-8-10-14(3,11-9-7-2)13(16-12-15)17(4)5/h6-11H2,1-5H3. The van der Waals surface area contributed by atoms with Crippen LogP contribution in [0.5, 0.6) is 0 Å². The second-order valence-corrected chi connectivity index (χ2v) is 5.20. The number of aliphatic imine (C=N–C) groups is 1. The van der Waals surface area contributed by atoms with Crippen molar-refractivity contribution in [2.45, 2.75) is 59.3 Å². The van der Waals surface area contributed by atoms with E-state index in [0.717, 1.165) is 18.7 Å². The third-order valence-corrected chi connectivity index (χ3v) is 3.28. The van der Waals surface area contributed by atoms with E-state index in [0.29, 0.717) is 0 Å². The molecule has 0 aromatic carbocycles. The number of amidine groups is 1. The molecule has 0 N–H and O–H groups in total. The average Bonchev–Trinajstić information content (AvgIpc) is 2.30. The van der Waals surface area contributed by atoms with Crippen LogP contribution in [-0.4, -0.2) is 24.8 Å². The molecule has 0 unspecified atom stereocenters. The molecule has 0 rings (SSSR count). The Balaban J connectivity index is 4.97. The summed E-state index contributed by atoms with van der Waals surface area (Å²) in [5.74, 6) is 0.932. The maximum Gasteiger partial charge on any atom is 0.207 e. The van der Waals surface area contributed by atoms with Crippen molar-refractivity contribution in [2.75, 3.05) is 14.1 Å². The van der Waals surface area contributed by atoms with Gasteiger partial charge in [-0.25, -0.2) is 0 Å². The lowest BCUT2D eigenvalue weighted by molar-refractivity contribution is 0.333. The molecule has 0 fully saturated rings. The molecule has 98 valence electrons. The molecule has 0 aromatic rings. The highest BCUT2D eigenvalue weighted by atomic mass is 15.1. The highest BCUT2D eigenvalue weighted by Gasteiger charge is 2.31. The fourth-order valence-electron chi connectivity index (χ4n) is 2.30. The number of nitriles is 1. The second-order valence-electron chi connectivity index (χ2n) is 5.20. The first kappa shape index (κ1) is 16.0. The van der Waals surface area contributed by atoms with Crippen molar-refractivity contribution in [3.63, 3.8) is 0 Å². The van der Waals surface area contributed by atoms with Crippen molar-refractivity contribution >= 4 is 5.84 Å². The molecule has 3 heteroatoms. The van der Waals surface area contributed by atoms with Gasteiger partial charge < -0.3 is 4.90 Å². The molecule has 0 amide bonds. The zero-order chi connectivity index (χ0) is 13.3. The van der Waals surface area contributed by atoms with E-state index in [1.54, 1.807) is 0 Å². The maximum absolute atomic E-state index is 8.84. The maximum atomic E-state index is 8.84. The minimum atomic E-state index is 0.0469. The van der Waals surface area contributed by atoms with Gasteiger partial charge in [0.15, 0.2) is 0 Å². The summed E-state index contributed by atoms with van der Waals surface area (Å²) in [6, 6.07) is 0. The van der Waals surface area contributed by atoms with Gasteiger partial charge in [-0.2, -0.15) is 10.3 Å². The molecular formula is C14H27N3. The van der Waals surface area contributed by atoms with Gasteiger partial charge in [-0.15, -0.1) is 0 Å². The van der Waals surface area contributed by atoms with Crippen LogP contribution in [0, 0.1) is 16.9 Å². The number of unbranched alkanes of at least 4 members (excludes halogenated alkanes) is 2. The van der Waals surface area contributed by atoms with Crippen LogP contribution in [-0.2, 0) is 0 Å². The second kappa shape index (κ2) is 8.11. The minimum Gasteiger partial charge on any atom is -0.365 e. The van der Waals surface area contributed by atoms with Gasteiger partial charge in [0, 0.05) is 19.5 Å². The van der Waals surface area contributed by atoms with Crippen LogP contribution in [0.15, 0.2) is 4.99 Å². The van der Waals surface area contributed by atoms with E-state index in [-0.39, 0.29) is 5.41 Å². The SMILES string of the molecule is CCCCC(C)(CCCC)C(=NC#N)N(C)C. The molecule has 0 spiro atoms. The molecular weight excluding hydrogens is 210 g/mol. The first-order chi connectivity index (χ1) is 8.01. The number of rotatable bonds is 7. The topological polar surface area (TPSA) is 39.4 Å². The van der Waals surface area contributed by atoms with Gasteiger partial charge in [0.1, 0.15) is 5.84 Å².